The molecule has 4 aliphatic rings. The molecule has 0 aliphatic carbocycles. The van der Waals surface area contributed by atoms with Crippen LogP contribution < -0.4 is 66.7 Å². The predicted molar refractivity (Wildman–Crippen MR) is 314 cm³/mol. The molecule has 0 atom stereocenters. The average molecular weight is 983 g/mol. The van der Waals surface area contributed by atoms with Crippen molar-refractivity contribution in [1.82, 2.24) is 0 Å². The van der Waals surface area contributed by atoms with Gasteiger partial charge < -0.3 is 28.7 Å². The number of aryl methyl sites for hydroxylation is 1. The van der Waals surface area contributed by atoms with Crippen LogP contribution in [-0.2, 0) is 0 Å². The van der Waals surface area contributed by atoms with Crippen LogP contribution in [0.15, 0.2) is 218 Å². The van der Waals surface area contributed by atoms with Crippen molar-refractivity contribution in [1.29, 1.82) is 0 Å². The number of hydrogen-bond donors (Lipinski definition) is 0. The zero-order valence-corrected chi connectivity index (χ0v) is 43.0. The minimum atomic E-state index is -1.57. The third kappa shape index (κ3) is 6.95. The standard InChI is InChI=1S/C66H48B2N2O4Si/c1-41-23-25-44(26-24-41)69-57-21-13-11-19-53(57)67-55-39-56-62(40-61(55)73-65-51-33-29-48(71-46-15-7-5-8-16-46)35-42(51)37-59(69)63(65)67)74-66-52-34-30-49(72-47-17-9-6-10-18-47)36-43(52)38-60-64(66)68(56)54-20-12-14-22-58(54)70(60)45-27-31-50(32-28-45)75(2,3)4/h5-40H,1-4H3. The number of para-hydroxylation sites is 4. The molecule has 0 radical (unpaired) electrons. The van der Waals surface area contributed by atoms with Crippen molar-refractivity contribution in [3.8, 4) is 46.0 Å². The SMILES string of the molecule is Cc1ccc(N2c3ccccc3B3c4cc5c(cc4Oc4c3c2cc2cc(Oc3ccccc3)ccc42)Oc2c3c(cc4cc(Oc6ccccc6)ccc24)N(c2ccc([Si](C)(C)C)cc2)c2ccccc2B53)cc1. The molecule has 0 bridgehead atoms. The summed E-state index contributed by atoms with van der Waals surface area (Å²) in [4.78, 5) is 4.86. The second-order valence-electron chi connectivity index (χ2n) is 21.3. The number of nitrogens with zero attached hydrogens (tertiary/aromatic N) is 2. The van der Waals surface area contributed by atoms with E-state index in [2.05, 4.69) is 194 Å². The monoisotopic (exact) mass is 982 g/mol. The minimum Gasteiger partial charge on any atom is -0.458 e. The average Bonchev–Trinajstić information content (AvgIpc) is 3.49. The Hall–Kier alpha value is -8.91. The van der Waals surface area contributed by atoms with Gasteiger partial charge in [0, 0.05) is 51.0 Å². The fourth-order valence-electron chi connectivity index (χ4n) is 12.1. The van der Waals surface area contributed by atoms with Gasteiger partial charge in [0.1, 0.15) is 46.0 Å². The first-order valence-electron chi connectivity index (χ1n) is 25.9. The largest absolute Gasteiger partial charge is 0.458 e. The second-order valence-corrected chi connectivity index (χ2v) is 26.4. The smallest absolute Gasteiger partial charge is 0.256 e. The van der Waals surface area contributed by atoms with Crippen molar-refractivity contribution < 1.29 is 18.9 Å². The van der Waals surface area contributed by atoms with Crippen molar-refractivity contribution in [3.05, 3.63) is 224 Å². The zero-order valence-electron chi connectivity index (χ0n) is 42.0. The molecule has 6 nitrogen and oxygen atoms in total. The second kappa shape index (κ2) is 16.6. The molecule has 0 saturated carbocycles. The number of hydrogen-bond acceptors (Lipinski definition) is 6. The highest BCUT2D eigenvalue weighted by Crippen LogP contribution is 2.48. The number of ether oxygens (including phenoxy) is 4. The highest BCUT2D eigenvalue weighted by molar-refractivity contribution is 7.02. The fourth-order valence-corrected chi connectivity index (χ4v) is 13.3. The molecule has 0 amide bonds. The maximum atomic E-state index is 7.47. The summed E-state index contributed by atoms with van der Waals surface area (Å²) in [5.74, 6) is 6.34. The summed E-state index contributed by atoms with van der Waals surface area (Å²) in [5.41, 5.74) is 14.8. The van der Waals surface area contributed by atoms with Gasteiger partial charge in [-0.25, -0.2) is 0 Å². The Kier molecular flexibility index (Phi) is 9.63. The lowest BCUT2D eigenvalue weighted by molar-refractivity contribution is 0.470. The molecule has 0 spiro atoms. The zero-order chi connectivity index (χ0) is 50.1. The molecule has 4 heterocycles. The summed E-state index contributed by atoms with van der Waals surface area (Å²) in [6.45, 7) is 9.06. The molecule has 0 fully saturated rings. The Labute approximate surface area is 438 Å². The molecular formula is C66H48B2N2O4Si. The van der Waals surface area contributed by atoms with E-state index in [1.807, 2.05) is 60.7 Å². The maximum absolute atomic E-state index is 7.47. The van der Waals surface area contributed by atoms with Crippen LogP contribution in [0.5, 0.6) is 46.0 Å². The maximum Gasteiger partial charge on any atom is 0.256 e. The first kappa shape index (κ1) is 43.6. The Morgan fingerprint density at radius 3 is 1.29 bits per heavy atom. The fraction of sp³-hybridized carbons (Fsp3) is 0.0606. The minimum absolute atomic E-state index is 0.146. The molecular weight excluding hydrogens is 934 g/mol. The van der Waals surface area contributed by atoms with Gasteiger partial charge in [-0.3, -0.25) is 0 Å². The predicted octanol–water partition coefficient (Wildman–Crippen LogP) is 13.2. The van der Waals surface area contributed by atoms with Crippen LogP contribution in [0, 0.1) is 6.92 Å². The van der Waals surface area contributed by atoms with Crippen molar-refractivity contribution in [2.45, 2.75) is 26.6 Å². The first-order chi connectivity index (χ1) is 36.7. The van der Waals surface area contributed by atoms with Gasteiger partial charge in [-0.1, -0.05) is 134 Å². The van der Waals surface area contributed by atoms with Gasteiger partial charge in [-0.05, 0) is 160 Å². The van der Waals surface area contributed by atoms with Crippen molar-refractivity contribution in [2.24, 2.45) is 0 Å². The quantitative estimate of drug-likeness (QED) is 0.148. The summed E-state index contributed by atoms with van der Waals surface area (Å²) in [7, 11) is -1.57. The molecule has 0 unspecified atom stereocenters. The Bertz CT molecular complexity index is 4150. The molecule has 75 heavy (non-hydrogen) atoms. The van der Waals surface area contributed by atoms with Gasteiger partial charge >= 0.3 is 0 Å². The Morgan fingerprint density at radius 1 is 0.387 bits per heavy atom. The van der Waals surface area contributed by atoms with E-state index in [1.165, 1.54) is 21.7 Å². The summed E-state index contributed by atoms with van der Waals surface area (Å²) in [6.07, 6.45) is 0. The Morgan fingerprint density at radius 2 is 0.827 bits per heavy atom. The number of benzene rings is 11. The van der Waals surface area contributed by atoms with E-state index in [4.69, 9.17) is 18.9 Å². The lowest BCUT2D eigenvalue weighted by atomic mass is 9.31. The van der Waals surface area contributed by atoms with Crippen LogP contribution in [0.25, 0.3) is 21.5 Å². The van der Waals surface area contributed by atoms with E-state index >= 15 is 0 Å². The first-order valence-corrected chi connectivity index (χ1v) is 29.4. The summed E-state index contributed by atoms with van der Waals surface area (Å²) < 4.78 is 27.8. The van der Waals surface area contributed by atoms with Gasteiger partial charge in [0.15, 0.2) is 0 Å². The van der Waals surface area contributed by atoms with E-state index in [0.29, 0.717) is 0 Å². The lowest BCUT2D eigenvalue weighted by Gasteiger charge is -2.42. The highest BCUT2D eigenvalue weighted by Gasteiger charge is 2.47. The van der Waals surface area contributed by atoms with E-state index < -0.39 is 8.07 Å². The van der Waals surface area contributed by atoms with Gasteiger partial charge in [0.2, 0.25) is 0 Å². The van der Waals surface area contributed by atoms with Crippen LogP contribution in [0.4, 0.5) is 34.1 Å². The molecule has 11 aromatic carbocycles. The highest BCUT2D eigenvalue weighted by atomic mass is 28.3. The van der Waals surface area contributed by atoms with E-state index in [1.54, 1.807) is 0 Å². The number of rotatable bonds is 7. The van der Waals surface area contributed by atoms with E-state index in [0.717, 1.165) is 124 Å². The molecule has 9 heteroatoms. The van der Waals surface area contributed by atoms with Crippen molar-refractivity contribution >= 4 is 115 Å². The number of fused-ring (bicyclic) bond motifs is 12. The van der Waals surface area contributed by atoms with Crippen LogP contribution in [0.2, 0.25) is 19.6 Å². The molecule has 4 aliphatic heterocycles. The molecule has 0 aromatic heterocycles. The Balaban J connectivity index is 0.952. The number of anilines is 6. The van der Waals surface area contributed by atoms with Gasteiger partial charge in [-0.15, -0.1) is 0 Å². The third-order valence-corrected chi connectivity index (χ3v) is 17.7. The van der Waals surface area contributed by atoms with Crippen LogP contribution in [0.3, 0.4) is 0 Å². The normalized spacial score (nSPS) is 13.4. The van der Waals surface area contributed by atoms with Gasteiger partial charge in [0.25, 0.3) is 13.4 Å². The molecule has 11 aromatic rings. The van der Waals surface area contributed by atoms with Crippen LogP contribution >= 0.6 is 0 Å². The van der Waals surface area contributed by atoms with E-state index in [-0.39, 0.29) is 13.4 Å². The van der Waals surface area contributed by atoms with Gasteiger partial charge in [0.05, 0.1) is 8.07 Å². The summed E-state index contributed by atoms with van der Waals surface area (Å²) in [6, 6.07) is 77.9. The van der Waals surface area contributed by atoms with E-state index in [9.17, 15) is 0 Å². The molecule has 0 saturated heterocycles. The molecule has 15 rings (SSSR count). The van der Waals surface area contributed by atoms with Gasteiger partial charge in [-0.2, -0.15) is 0 Å². The van der Waals surface area contributed by atoms with Crippen LogP contribution in [-0.4, -0.2) is 21.5 Å². The van der Waals surface area contributed by atoms with Crippen molar-refractivity contribution in [2.75, 3.05) is 9.80 Å². The summed E-state index contributed by atoms with van der Waals surface area (Å²) >= 11 is 0. The van der Waals surface area contributed by atoms with Crippen molar-refractivity contribution in [3.63, 3.8) is 0 Å². The molecule has 0 N–H and O–H groups in total. The lowest BCUT2D eigenvalue weighted by Crippen LogP contribution is -2.63. The van der Waals surface area contributed by atoms with Crippen LogP contribution in [0.1, 0.15) is 5.56 Å². The molecule has 356 valence electrons. The summed E-state index contributed by atoms with van der Waals surface area (Å²) in [5, 5.41) is 5.50. The topological polar surface area (TPSA) is 43.4 Å². The third-order valence-electron chi connectivity index (χ3n) is 15.6.